The van der Waals surface area contributed by atoms with Crippen molar-refractivity contribution in [2.45, 2.75) is 13.0 Å². The van der Waals surface area contributed by atoms with Gasteiger partial charge in [-0.15, -0.1) is 0 Å². The molecule has 88 valence electrons. The summed E-state index contributed by atoms with van der Waals surface area (Å²) in [5.41, 5.74) is 0.295. The summed E-state index contributed by atoms with van der Waals surface area (Å²) in [6.07, 6.45) is -0.0655. The molecule has 1 rings (SSSR count). The summed E-state index contributed by atoms with van der Waals surface area (Å²) in [6, 6.07) is 4.25. The van der Waals surface area contributed by atoms with E-state index in [9.17, 15) is 9.18 Å². The number of carbonyl (C=O) groups is 1. The average molecular weight is 290 g/mol. The summed E-state index contributed by atoms with van der Waals surface area (Å²) in [5, 5.41) is 2.65. The topological polar surface area (TPSA) is 38.3 Å². The van der Waals surface area contributed by atoms with E-state index in [0.29, 0.717) is 16.6 Å². The third kappa shape index (κ3) is 3.57. The van der Waals surface area contributed by atoms with E-state index in [2.05, 4.69) is 21.2 Å². The highest BCUT2D eigenvalue weighted by atomic mass is 79.9. The van der Waals surface area contributed by atoms with Crippen LogP contribution in [0.3, 0.4) is 0 Å². The third-order valence-corrected chi connectivity index (χ3v) is 2.78. The fraction of sp³-hybridized carbons (Fsp3) is 0.364. The summed E-state index contributed by atoms with van der Waals surface area (Å²) in [4.78, 5) is 11.6. The lowest BCUT2D eigenvalue weighted by Gasteiger charge is -2.10. The highest BCUT2D eigenvalue weighted by Crippen LogP contribution is 2.16. The van der Waals surface area contributed by atoms with Gasteiger partial charge in [0.05, 0.1) is 10.6 Å². The van der Waals surface area contributed by atoms with E-state index < -0.39 is 5.82 Å². The van der Waals surface area contributed by atoms with Gasteiger partial charge in [-0.05, 0) is 41.1 Å². The number of amides is 1. The van der Waals surface area contributed by atoms with E-state index in [0.717, 1.165) is 0 Å². The number of hydrogen-bond donors (Lipinski definition) is 1. The Kier molecular flexibility index (Phi) is 4.89. The Morgan fingerprint density at radius 2 is 2.31 bits per heavy atom. The van der Waals surface area contributed by atoms with Crippen LogP contribution in [0, 0.1) is 5.82 Å². The highest BCUT2D eigenvalue weighted by molar-refractivity contribution is 9.10. The van der Waals surface area contributed by atoms with Crippen molar-refractivity contribution >= 4 is 21.8 Å². The normalized spacial score (nSPS) is 12.2. The molecule has 0 saturated carbocycles. The zero-order chi connectivity index (χ0) is 12.1. The fourth-order valence-corrected chi connectivity index (χ4v) is 1.31. The van der Waals surface area contributed by atoms with Gasteiger partial charge in [0.15, 0.2) is 0 Å². The molecule has 1 atom stereocenters. The molecule has 0 heterocycles. The van der Waals surface area contributed by atoms with Crippen LogP contribution in [0.2, 0.25) is 0 Å². The predicted molar refractivity (Wildman–Crippen MR) is 62.9 cm³/mol. The van der Waals surface area contributed by atoms with Crippen LogP contribution in [0.15, 0.2) is 22.7 Å². The molecule has 1 aromatic rings. The lowest BCUT2D eigenvalue weighted by atomic mass is 10.2. The van der Waals surface area contributed by atoms with Gasteiger partial charge in [0, 0.05) is 19.2 Å². The molecule has 0 fully saturated rings. The number of methoxy groups -OCH3 is 1. The summed E-state index contributed by atoms with van der Waals surface area (Å²) in [6.45, 7) is 2.23. The molecule has 1 aromatic carbocycles. The van der Waals surface area contributed by atoms with Gasteiger partial charge < -0.3 is 10.1 Å². The average Bonchev–Trinajstić information content (AvgIpc) is 2.29. The summed E-state index contributed by atoms with van der Waals surface area (Å²) in [7, 11) is 1.57. The molecule has 1 amide bonds. The van der Waals surface area contributed by atoms with Gasteiger partial charge in [0.2, 0.25) is 0 Å². The summed E-state index contributed by atoms with van der Waals surface area (Å²) in [5.74, 6) is -0.761. The first-order chi connectivity index (χ1) is 7.54. The first-order valence-corrected chi connectivity index (χ1v) is 5.60. The van der Waals surface area contributed by atoms with Crippen LogP contribution in [0.1, 0.15) is 17.3 Å². The van der Waals surface area contributed by atoms with Crippen molar-refractivity contribution in [3.05, 3.63) is 34.1 Å². The van der Waals surface area contributed by atoms with Gasteiger partial charge in [0.25, 0.3) is 5.91 Å². The standard InChI is InChI=1S/C11H13BrFNO2/c1-7(16-2)6-14-11(15)8-3-4-9(12)10(13)5-8/h3-5,7H,6H2,1-2H3,(H,14,15). The Morgan fingerprint density at radius 3 is 2.88 bits per heavy atom. The monoisotopic (exact) mass is 289 g/mol. The highest BCUT2D eigenvalue weighted by Gasteiger charge is 2.09. The van der Waals surface area contributed by atoms with Crippen LogP contribution in [0.4, 0.5) is 4.39 Å². The van der Waals surface area contributed by atoms with E-state index in [1.165, 1.54) is 12.1 Å². The Hall–Kier alpha value is -0.940. The Morgan fingerprint density at radius 1 is 1.62 bits per heavy atom. The maximum Gasteiger partial charge on any atom is 0.251 e. The van der Waals surface area contributed by atoms with E-state index >= 15 is 0 Å². The number of nitrogens with one attached hydrogen (secondary N) is 1. The number of ether oxygens (including phenoxy) is 1. The predicted octanol–water partition coefficient (Wildman–Crippen LogP) is 2.35. The van der Waals surface area contributed by atoms with Crippen LogP contribution in [0.25, 0.3) is 0 Å². The molecule has 0 bridgehead atoms. The van der Waals surface area contributed by atoms with E-state index in [1.54, 1.807) is 13.2 Å². The molecule has 0 aliphatic heterocycles. The first kappa shape index (κ1) is 13.1. The molecule has 16 heavy (non-hydrogen) atoms. The number of hydrogen-bond acceptors (Lipinski definition) is 2. The Bertz CT molecular complexity index is 384. The zero-order valence-electron chi connectivity index (χ0n) is 9.09. The van der Waals surface area contributed by atoms with Crippen molar-refractivity contribution in [1.29, 1.82) is 0 Å². The minimum atomic E-state index is -0.451. The lowest BCUT2D eigenvalue weighted by Crippen LogP contribution is -2.31. The Labute approximate surface area is 102 Å². The second kappa shape index (κ2) is 5.96. The molecular weight excluding hydrogens is 277 g/mol. The number of benzene rings is 1. The van der Waals surface area contributed by atoms with E-state index in [-0.39, 0.29) is 12.0 Å². The number of halogens is 2. The molecule has 3 nitrogen and oxygen atoms in total. The Balaban J connectivity index is 2.63. The van der Waals surface area contributed by atoms with Crippen molar-refractivity contribution in [2.24, 2.45) is 0 Å². The molecule has 5 heteroatoms. The van der Waals surface area contributed by atoms with Crippen molar-refractivity contribution in [3.63, 3.8) is 0 Å². The van der Waals surface area contributed by atoms with Gasteiger partial charge in [-0.25, -0.2) is 4.39 Å². The number of rotatable bonds is 4. The van der Waals surface area contributed by atoms with Gasteiger partial charge in [-0.2, -0.15) is 0 Å². The summed E-state index contributed by atoms with van der Waals surface area (Å²) < 4.78 is 18.5. The van der Waals surface area contributed by atoms with Gasteiger partial charge in [-0.3, -0.25) is 4.79 Å². The smallest absolute Gasteiger partial charge is 0.251 e. The minimum absolute atomic E-state index is 0.0655. The molecule has 0 aliphatic rings. The van der Waals surface area contributed by atoms with Crippen LogP contribution in [-0.2, 0) is 4.74 Å². The SMILES string of the molecule is COC(C)CNC(=O)c1ccc(Br)c(F)c1. The molecule has 1 unspecified atom stereocenters. The fourth-order valence-electron chi connectivity index (χ4n) is 1.06. The van der Waals surface area contributed by atoms with E-state index in [1.807, 2.05) is 6.92 Å². The third-order valence-electron chi connectivity index (χ3n) is 2.13. The van der Waals surface area contributed by atoms with Crippen LogP contribution < -0.4 is 5.32 Å². The number of carbonyl (C=O) groups excluding carboxylic acids is 1. The first-order valence-electron chi connectivity index (χ1n) is 4.80. The van der Waals surface area contributed by atoms with Gasteiger partial charge >= 0.3 is 0 Å². The maximum absolute atomic E-state index is 13.2. The molecule has 0 spiro atoms. The quantitative estimate of drug-likeness (QED) is 0.924. The van der Waals surface area contributed by atoms with Crippen molar-refractivity contribution in [3.8, 4) is 0 Å². The van der Waals surface area contributed by atoms with Crippen molar-refractivity contribution < 1.29 is 13.9 Å². The molecule has 1 N–H and O–H groups in total. The molecule has 0 saturated heterocycles. The van der Waals surface area contributed by atoms with Crippen LogP contribution in [0.5, 0.6) is 0 Å². The maximum atomic E-state index is 13.2. The molecular formula is C11H13BrFNO2. The summed E-state index contributed by atoms with van der Waals surface area (Å²) >= 11 is 3.03. The molecule has 0 aliphatic carbocycles. The van der Waals surface area contributed by atoms with Crippen molar-refractivity contribution in [2.75, 3.05) is 13.7 Å². The van der Waals surface area contributed by atoms with Crippen LogP contribution in [-0.4, -0.2) is 25.7 Å². The molecule has 0 aromatic heterocycles. The zero-order valence-corrected chi connectivity index (χ0v) is 10.7. The molecule has 0 radical (unpaired) electrons. The van der Waals surface area contributed by atoms with E-state index in [4.69, 9.17) is 4.74 Å². The minimum Gasteiger partial charge on any atom is -0.380 e. The largest absolute Gasteiger partial charge is 0.380 e. The van der Waals surface area contributed by atoms with Crippen LogP contribution >= 0.6 is 15.9 Å². The lowest BCUT2D eigenvalue weighted by molar-refractivity contribution is 0.0870. The van der Waals surface area contributed by atoms with Crippen molar-refractivity contribution in [1.82, 2.24) is 5.32 Å². The van der Waals surface area contributed by atoms with Gasteiger partial charge in [0.1, 0.15) is 5.82 Å². The van der Waals surface area contributed by atoms with Gasteiger partial charge in [-0.1, -0.05) is 0 Å². The second-order valence-corrected chi connectivity index (χ2v) is 4.24. The second-order valence-electron chi connectivity index (χ2n) is 3.39.